The van der Waals surface area contributed by atoms with Crippen LogP contribution in [0, 0.1) is 5.92 Å². The molecule has 0 fully saturated rings. The molecule has 0 amide bonds. The number of esters is 2. The number of hydrogen-bond acceptors (Lipinski definition) is 6. The number of carbonyl (C=O) groups excluding carboxylic acids is 2. The van der Waals surface area contributed by atoms with E-state index in [1.165, 1.54) is 24.0 Å². The van der Waals surface area contributed by atoms with Gasteiger partial charge in [-0.05, 0) is 30.0 Å². The van der Waals surface area contributed by atoms with Gasteiger partial charge in [0, 0.05) is 0 Å². The Morgan fingerprint density at radius 3 is 2.07 bits per heavy atom. The van der Waals surface area contributed by atoms with Gasteiger partial charge in [-0.3, -0.25) is 4.79 Å². The van der Waals surface area contributed by atoms with Crippen molar-refractivity contribution in [3.05, 3.63) is 35.4 Å². The highest BCUT2D eigenvalue weighted by Gasteiger charge is 2.48. The predicted molar refractivity (Wildman–Crippen MR) is 89.2 cm³/mol. The van der Waals surface area contributed by atoms with Crippen molar-refractivity contribution < 1.29 is 40.7 Å². The first-order valence-electron chi connectivity index (χ1n) is 7.80. The summed E-state index contributed by atoms with van der Waals surface area (Å²) in [6, 6.07) is 4.29. The second kappa shape index (κ2) is 9.18. The molecule has 0 aliphatic rings. The van der Waals surface area contributed by atoms with Crippen LogP contribution in [-0.4, -0.2) is 46.1 Å². The minimum Gasteiger partial charge on any atom is -0.468 e. The largest absolute Gasteiger partial charge is 0.511 e. The average Bonchev–Trinajstić information content (AvgIpc) is 2.62. The van der Waals surface area contributed by atoms with Crippen LogP contribution in [0.1, 0.15) is 29.3 Å². The maximum absolute atomic E-state index is 12.7. The molecule has 2 atom stereocenters. The molecule has 0 saturated heterocycles. The average molecular weight is 411 g/mol. The molecule has 27 heavy (non-hydrogen) atoms. The first kappa shape index (κ1) is 22.9. The monoisotopic (exact) mass is 411 g/mol. The summed E-state index contributed by atoms with van der Waals surface area (Å²) in [7, 11) is -3.56. The van der Waals surface area contributed by atoms with Crippen molar-refractivity contribution >= 4 is 22.0 Å². The second-order valence-corrected chi connectivity index (χ2v) is 7.33. The van der Waals surface area contributed by atoms with Gasteiger partial charge in [0.05, 0.1) is 19.8 Å². The maximum Gasteiger partial charge on any atom is 0.511 e. The van der Waals surface area contributed by atoms with Crippen molar-refractivity contribution in [2.45, 2.75) is 31.3 Å². The van der Waals surface area contributed by atoms with Crippen molar-refractivity contribution in [3.63, 3.8) is 0 Å². The Bertz CT molecular complexity index is 761. The van der Waals surface area contributed by atoms with Gasteiger partial charge in [-0.1, -0.05) is 25.5 Å². The quantitative estimate of drug-likeness (QED) is 0.657. The normalized spacial score (nSPS) is 14.3. The molecule has 0 radical (unpaired) electrons. The molecule has 7 nitrogen and oxygen atoms in total. The zero-order valence-electron chi connectivity index (χ0n) is 14.9. The molecule has 0 bridgehead atoms. The van der Waals surface area contributed by atoms with Gasteiger partial charge in [-0.25, -0.2) is 13.2 Å². The lowest BCUT2D eigenvalue weighted by molar-refractivity contribution is -0.144. The fourth-order valence-electron chi connectivity index (χ4n) is 2.39. The summed E-state index contributed by atoms with van der Waals surface area (Å²) in [4.78, 5) is 23.3. The van der Waals surface area contributed by atoms with Crippen LogP contribution in [-0.2, 0) is 30.7 Å². The molecular weight excluding hydrogens is 391 g/mol. The maximum atomic E-state index is 12.7. The molecule has 1 unspecified atom stereocenters. The Labute approximate surface area is 154 Å². The lowest BCUT2D eigenvalue weighted by Crippen LogP contribution is -2.50. The minimum atomic E-state index is -5.73. The first-order valence-corrected chi connectivity index (χ1v) is 9.28. The molecule has 0 aliphatic heterocycles. The smallest absolute Gasteiger partial charge is 0.468 e. The summed E-state index contributed by atoms with van der Waals surface area (Å²) in [5.41, 5.74) is -4.69. The SMILES string of the molecule is CCC(Cc1ccc(C(=O)OC)cc1)[C@H](NS(=O)(=O)C(F)(F)F)C(=O)OC. The number of hydrogen-bond donors (Lipinski definition) is 1. The summed E-state index contributed by atoms with van der Waals surface area (Å²) in [6.45, 7) is 1.60. The van der Waals surface area contributed by atoms with Gasteiger partial charge in [0.25, 0.3) is 0 Å². The Morgan fingerprint density at radius 1 is 1.11 bits per heavy atom. The van der Waals surface area contributed by atoms with Crippen LogP contribution in [0.25, 0.3) is 0 Å². The van der Waals surface area contributed by atoms with Crippen LogP contribution in [0.4, 0.5) is 13.2 Å². The topological polar surface area (TPSA) is 98.8 Å². The molecule has 0 spiro atoms. The zero-order valence-corrected chi connectivity index (χ0v) is 15.7. The molecule has 0 aromatic heterocycles. The van der Waals surface area contributed by atoms with E-state index < -0.39 is 39.4 Å². The molecule has 152 valence electrons. The van der Waals surface area contributed by atoms with Crippen LogP contribution >= 0.6 is 0 Å². The highest BCUT2D eigenvalue weighted by molar-refractivity contribution is 7.90. The summed E-state index contributed by atoms with van der Waals surface area (Å²) in [5.74, 6) is -2.49. The number of sulfonamides is 1. The fourth-order valence-corrected chi connectivity index (χ4v) is 3.15. The van der Waals surface area contributed by atoms with Crippen molar-refractivity contribution in [2.75, 3.05) is 14.2 Å². The number of ether oxygens (including phenoxy) is 2. The van der Waals surface area contributed by atoms with E-state index in [9.17, 15) is 31.2 Å². The Morgan fingerprint density at radius 2 is 1.67 bits per heavy atom. The van der Waals surface area contributed by atoms with Crippen molar-refractivity contribution in [2.24, 2.45) is 5.92 Å². The van der Waals surface area contributed by atoms with E-state index in [2.05, 4.69) is 9.47 Å². The van der Waals surface area contributed by atoms with Crippen LogP contribution in [0.2, 0.25) is 0 Å². The van der Waals surface area contributed by atoms with E-state index in [-0.39, 0.29) is 18.4 Å². The molecule has 1 aromatic rings. The Balaban J connectivity index is 3.08. The number of alkyl halides is 3. The number of methoxy groups -OCH3 is 2. The summed E-state index contributed by atoms with van der Waals surface area (Å²) >= 11 is 0. The standard InChI is InChI=1S/C16H20F3NO6S/c1-4-11(9-10-5-7-12(8-6-10)14(21)25-2)13(15(22)26-3)20-27(23,24)16(17,18)19/h5-8,11,13,20H,4,9H2,1-3H3/t11?,13-/m0/s1. The first-order chi connectivity index (χ1) is 12.5. The zero-order chi connectivity index (χ0) is 20.8. The van der Waals surface area contributed by atoms with E-state index >= 15 is 0 Å². The van der Waals surface area contributed by atoms with Gasteiger partial charge in [-0.15, -0.1) is 0 Å². The van der Waals surface area contributed by atoms with E-state index in [4.69, 9.17) is 0 Å². The van der Waals surface area contributed by atoms with Crippen molar-refractivity contribution in [1.29, 1.82) is 0 Å². The number of nitrogens with one attached hydrogen (secondary N) is 1. The molecule has 1 aromatic carbocycles. The molecular formula is C16H20F3NO6S. The van der Waals surface area contributed by atoms with Gasteiger partial charge < -0.3 is 9.47 Å². The molecule has 1 N–H and O–H groups in total. The van der Waals surface area contributed by atoms with Gasteiger partial charge in [-0.2, -0.15) is 17.9 Å². The van der Waals surface area contributed by atoms with Crippen LogP contribution in [0.5, 0.6) is 0 Å². The minimum absolute atomic E-state index is 0.0814. The van der Waals surface area contributed by atoms with E-state index in [0.29, 0.717) is 5.56 Å². The van der Waals surface area contributed by atoms with Crippen molar-refractivity contribution in [3.8, 4) is 0 Å². The van der Waals surface area contributed by atoms with Gasteiger partial charge in [0.15, 0.2) is 0 Å². The summed E-state index contributed by atoms with van der Waals surface area (Å²) < 4.78 is 71.2. The fraction of sp³-hybridized carbons (Fsp3) is 0.500. The highest BCUT2D eigenvalue weighted by atomic mass is 32.2. The van der Waals surface area contributed by atoms with E-state index in [1.807, 2.05) is 0 Å². The Kier molecular flexibility index (Phi) is 7.78. The third-order valence-corrected chi connectivity index (χ3v) is 5.08. The van der Waals surface area contributed by atoms with Gasteiger partial charge in [0.2, 0.25) is 0 Å². The number of carbonyl (C=O) groups is 2. The third kappa shape index (κ3) is 5.93. The summed E-state index contributed by atoms with van der Waals surface area (Å²) in [5, 5.41) is 0. The number of rotatable bonds is 8. The molecule has 0 aliphatic carbocycles. The predicted octanol–water partition coefficient (Wildman–Crippen LogP) is 2.02. The van der Waals surface area contributed by atoms with E-state index in [1.54, 1.807) is 19.1 Å². The Hall–Kier alpha value is -2.14. The number of halogens is 3. The number of benzene rings is 1. The van der Waals surface area contributed by atoms with Gasteiger partial charge >= 0.3 is 27.5 Å². The van der Waals surface area contributed by atoms with Crippen LogP contribution in [0.15, 0.2) is 24.3 Å². The lowest BCUT2D eigenvalue weighted by atomic mass is 9.90. The molecule has 0 heterocycles. The van der Waals surface area contributed by atoms with Crippen LogP contribution < -0.4 is 4.72 Å². The third-order valence-electron chi connectivity index (χ3n) is 3.91. The van der Waals surface area contributed by atoms with Crippen molar-refractivity contribution in [1.82, 2.24) is 4.72 Å². The lowest BCUT2D eigenvalue weighted by Gasteiger charge is -2.25. The van der Waals surface area contributed by atoms with Crippen LogP contribution in [0.3, 0.4) is 0 Å². The van der Waals surface area contributed by atoms with Gasteiger partial charge in [0.1, 0.15) is 6.04 Å². The molecule has 0 saturated carbocycles. The summed E-state index contributed by atoms with van der Waals surface area (Å²) in [6.07, 6.45) is 0.275. The molecule has 1 rings (SSSR count). The highest BCUT2D eigenvalue weighted by Crippen LogP contribution is 2.25. The molecule has 11 heteroatoms. The second-order valence-electron chi connectivity index (χ2n) is 5.63. The van der Waals surface area contributed by atoms with E-state index in [0.717, 1.165) is 7.11 Å².